The predicted octanol–water partition coefficient (Wildman–Crippen LogP) is 2.45. The van der Waals surface area contributed by atoms with E-state index in [1.54, 1.807) is 0 Å². The number of fused-ring (bicyclic) bond motifs is 1. The van der Waals surface area contributed by atoms with Gasteiger partial charge in [-0.15, -0.1) is 0 Å². The Labute approximate surface area is 116 Å². The number of rotatable bonds is 6. The zero-order valence-corrected chi connectivity index (χ0v) is 10.9. The first-order valence-corrected chi connectivity index (χ1v) is 6.24. The topological polar surface area (TPSA) is 64.7 Å². The Balaban J connectivity index is 2.31. The molecule has 0 bridgehead atoms. The second-order valence-electron chi connectivity index (χ2n) is 4.20. The normalized spacial score (nSPS) is 11.1. The molecule has 0 aliphatic carbocycles. The Morgan fingerprint density at radius 3 is 2.85 bits per heavy atom. The minimum absolute atomic E-state index is 0.0725. The van der Waals surface area contributed by atoms with Crippen molar-refractivity contribution < 1.29 is 14.0 Å². The van der Waals surface area contributed by atoms with Crippen LogP contribution in [0.5, 0.6) is 0 Å². The van der Waals surface area contributed by atoms with Gasteiger partial charge in [0.05, 0.1) is 5.56 Å². The summed E-state index contributed by atoms with van der Waals surface area (Å²) in [4.78, 5) is 16.3. The Morgan fingerprint density at radius 2 is 2.10 bits per heavy atom. The van der Waals surface area contributed by atoms with Gasteiger partial charge in [0.2, 0.25) is 5.91 Å². The van der Waals surface area contributed by atoms with Crippen molar-refractivity contribution in [2.75, 3.05) is 13.3 Å². The van der Waals surface area contributed by atoms with Crippen molar-refractivity contribution in [1.29, 1.82) is 0 Å². The van der Waals surface area contributed by atoms with E-state index in [1.807, 2.05) is 36.4 Å². The first-order chi connectivity index (χ1) is 9.74. The number of nitrogens with zero attached hydrogens (tertiary/aromatic N) is 1. The van der Waals surface area contributed by atoms with Crippen LogP contribution >= 0.6 is 0 Å². The van der Waals surface area contributed by atoms with Crippen molar-refractivity contribution in [1.82, 2.24) is 0 Å². The second-order valence-corrected chi connectivity index (χ2v) is 4.20. The largest absolute Gasteiger partial charge is 0.393 e. The number of halogens is 1. The van der Waals surface area contributed by atoms with E-state index in [-0.39, 0.29) is 6.61 Å². The van der Waals surface area contributed by atoms with Crippen LogP contribution in [0.2, 0.25) is 0 Å². The lowest BCUT2D eigenvalue weighted by Crippen LogP contribution is -2.14. The number of oxime groups is 1. The molecule has 0 atom stereocenters. The van der Waals surface area contributed by atoms with Gasteiger partial charge in [0.1, 0.15) is 13.3 Å². The van der Waals surface area contributed by atoms with E-state index < -0.39 is 12.6 Å². The second kappa shape index (κ2) is 6.65. The zero-order valence-electron chi connectivity index (χ0n) is 10.9. The molecule has 104 valence electrons. The number of carbonyl (C=O) groups excluding carboxylic acids is 1. The molecule has 5 heteroatoms. The molecule has 4 nitrogen and oxygen atoms in total. The summed E-state index contributed by atoms with van der Waals surface area (Å²) in [6.07, 6.45) is 1.89. The fourth-order valence-corrected chi connectivity index (χ4v) is 2.05. The minimum atomic E-state index is -0.583. The lowest BCUT2D eigenvalue weighted by atomic mass is 9.97. The molecule has 0 saturated heterocycles. The average Bonchev–Trinajstić information content (AvgIpc) is 2.46. The van der Waals surface area contributed by atoms with E-state index in [4.69, 9.17) is 5.73 Å². The standard InChI is InChI=1S/C15H15FN2O2/c16-8-10-20-18-9-7-12-6-5-11-3-1-2-4-13(11)14(12)15(17)19/h1-6,9H,7-8,10H2,(H2,17,19)/b18-9+. The highest BCUT2D eigenvalue weighted by Gasteiger charge is 2.11. The maximum absolute atomic E-state index is 11.8. The number of nitrogens with two attached hydrogens (primary N) is 1. The molecule has 2 aromatic rings. The van der Waals surface area contributed by atoms with Crippen LogP contribution in [-0.2, 0) is 11.3 Å². The smallest absolute Gasteiger partial charge is 0.249 e. The van der Waals surface area contributed by atoms with Gasteiger partial charge in [-0.1, -0.05) is 41.6 Å². The van der Waals surface area contributed by atoms with E-state index in [2.05, 4.69) is 9.99 Å². The summed E-state index contributed by atoms with van der Waals surface area (Å²) in [5, 5.41) is 5.39. The number of hydrogen-bond acceptors (Lipinski definition) is 3. The molecular formula is C15H15FN2O2. The van der Waals surface area contributed by atoms with Gasteiger partial charge in [-0.2, -0.15) is 0 Å². The van der Waals surface area contributed by atoms with Crippen LogP contribution in [0, 0.1) is 0 Å². The van der Waals surface area contributed by atoms with Crippen LogP contribution in [0.25, 0.3) is 10.8 Å². The van der Waals surface area contributed by atoms with Crippen molar-refractivity contribution in [3.05, 3.63) is 47.5 Å². The van der Waals surface area contributed by atoms with Crippen LogP contribution in [0.3, 0.4) is 0 Å². The highest BCUT2D eigenvalue weighted by Crippen LogP contribution is 2.22. The van der Waals surface area contributed by atoms with E-state index in [9.17, 15) is 9.18 Å². The monoisotopic (exact) mass is 274 g/mol. The highest BCUT2D eigenvalue weighted by atomic mass is 19.1. The van der Waals surface area contributed by atoms with Crippen LogP contribution in [0.1, 0.15) is 15.9 Å². The third-order valence-corrected chi connectivity index (χ3v) is 2.89. The number of carbonyl (C=O) groups is 1. The first kappa shape index (κ1) is 14.0. The lowest BCUT2D eigenvalue weighted by molar-refractivity contribution is 0.100. The maximum atomic E-state index is 11.8. The van der Waals surface area contributed by atoms with Gasteiger partial charge >= 0.3 is 0 Å². The van der Waals surface area contributed by atoms with Crippen molar-refractivity contribution in [3.8, 4) is 0 Å². The number of alkyl halides is 1. The average molecular weight is 274 g/mol. The van der Waals surface area contributed by atoms with Crippen molar-refractivity contribution in [2.45, 2.75) is 6.42 Å². The number of hydrogen-bond donors (Lipinski definition) is 1. The van der Waals surface area contributed by atoms with Gasteiger partial charge in [0, 0.05) is 12.6 Å². The quantitative estimate of drug-likeness (QED) is 0.499. The molecule has 2 aromatic carbocycles. The predicted molar refractivity (Wildman–Crippen MR) is 76.6 cm³/mol. The van der Waals surface area contributed by atoms with Gasteiger partial charge in [0.15, 0.2) is 0 Å². The highest BCUT2D eigenvalue weighted by molar-refractivity contribution is 6.08. The van der Waals surface area contributed by atoms with Gasteiger partial charge in [0.25, 0.3) is 0 Å². The summed E-state index contributed by atoms with van der Waals surface area (Å²) in [6, 6.07) is 11.3. The van der Waals surface area contributed by atoms with Gasteiger partial charge < -0.3 is 10.6 Å². The van der Waals surface area contributed by atoms with Crippen molar-refractivity contribution in [2.24, 2.45) is 10.9 Å². The third-order valence-electron chi connectivity index (χ3n) is 2.89. The lowest BCUT2D eigenvalue weighted by Gasteiger charge is -2.08. The minimum Gasteiger partial charge on any atom is -0.393 e. The molecule has 0 aliphatic rings. The van der Waals surface area contributed by atoms with Crippen molar-refractivity contribution >= 4 is 22.9 Å². The van der Waals surface area contributed by atoms with Gasteiger partial charge in [-0.3, -0.25) is 4.79 Å². The Hall–Kier alpha value is -2.43. The number of amides is 1. The summed E-state index contributed by atoms with van der Waals surface area (Å²) in [5.41, 5.74) is 6.72. The van der Waals surface area contributed by atoms with E-state index in [0.29, 0.717) is 12.0 Å². The molecule has 0 unspecified atom stereocenters. The summed E-state index contributed by atoms with van der Waals surface area (Å²) >= 11 is 0. The maximum Gasteiger partial charge on any atom is 0.249 e. The van der Waals surface area contributed by atoms with Crippen LogP contribution in [-0.4, -0.2) is 25.4 Å². The fraction of sp³-hybridized carbons (Fsp3) is 0.200. The van der Waals surface area contributed by atoms with Crippen LogP contribution in [0.4, 0.5) is 4.39 Å². The molecule has 1 amide bonds. The Bertz CT molecular complexity index is 641. The Morgan fingerprint density at radius 1 is 1.30 bits per heavy atom. The molecule has 0 saturated carbocycles. The Kier molecular flexibility index (Phi) is 4.65. The van der Waals surface area contributed by atoms with Crippen molar-refractivity contribution in [3.63, 3.8) is 0 Å². The van der Waals surface area contributed by atoms with Crippen LogP contribution < -0.4 is 5.73 Å². The SMILES string of the molecule is NC(=O)c1c(C/C=N/OCCF)ccc2ccccc12. The summed E-state index contributed by atoms with van der Waals surface area (Å²) < 4.78 is 11.8. The fourth-order valence-electron chi connectivity index (χ4n) is 2.05. The first-order valence-electron chi connectivity index (χ1n) is 6.24. The molecule has 0 heterocycles. The van der Waals surface area contributed by atoms with E-state index in [0.717, 1.165) is 16.3 Å². The number of benzene rings is 2. The summed E-state index contributed by atoms with van der Waals surface area (Å²) in [7, 11) is 0. The molecule has 2 rings (SSSR count). The summed E-state index contributed by atoms with van der Waals surface area (Å²) in [5.74, 6) is -0.477. The molecule has 20 heavy (non-hydrogen) atoms. The summed E-state index contributed by atoms with van der Waals surface area (Å²) in [6.45, 7) is -0.656. The molecule has 0 aliphatic heterocycles. The molecule has 0 radical (unpaired) electrons. The molecule has 0 aromatic heterocycles. The van der Waals surface area contributed by atoms with Gasteiger partial charge in [-0.25, -0.2) is 4.39 Å². The van der Waals surface area contributed by atoms with E-state index in [1.165, 1.54) is 6.21 Å². The molecule has 2 N–H and O–H groups in total. The van der Waals surface area contributed by atoms with Gasteiger partial charge in [-0.05, 0) is 16.3 Å². The van der Waals surface area contributed by atoms with E-state index >= 15 is 0 Å². The molecule has 0 spiro atoms. The third kappa shape index (κ3) is 3.12. The molecular weight excluding hydrogens is 259 g/mol. The number of primary amides is 1. The zero-order chi connectivity index (χ0) is 14.4. The molecule has 0 fully saturated rings. The van der Waals surface area contributed by atoms with Crippen LogP contribution in [0.15, 0.2) is 41.6 Å².